The van der Waals surface area contributed by atoms with E-state index in [1.165, 1.54) is 19.3 Å². The summed E-state index contributed by atoms with van der Waals surface area (Å²) in [5.74, 6) is 0.721. The molecule has 1 saturated heterocycles. The third-order valence-electron chi connectivity index (χ3n) is 2.66. The molecule has 0 spiro atoms. The van der Waals surface area contributed by atoms with Crippen molar-refractivity contribution in [1.29, 1.82) is 0 Å². The summed E-state index contributed by atoms with van der Waals surface area (Å²) in [6.07, 6.45) is 3.78. The van der Waals surface area contributed by atoms with E-state index in [4.69, 9.17) is 11.6 Å². The van der Waals surface area contributed by atoms with Crippen molar-refractivity contribution in [3.8, 4) is 0 Å². The predicted molar refractivity (Wildman–Crippen MR) is 62.6 cm³/mol. The Balaban J connectivity index is 2.14. The van der Waals surface area contributed by atoms with E-state index < -0.39 is 0 Å². The van der Waals surface area contributed by atoms with Crippen molar-refractivity contribution in [3.05, 3.63) is 11.1 Å². The lowest BCUT2D eigenvalue weighted by atomic mass is 10.0. The molecule has 2 nitrogen and oxygen atoms in total. The van der Waals surface area contributed by atoms with Gasteiger partial charge in [-0.2, -0.15) is 0 Å². The van der Waals surface area contributed by atoms with Crippen LogP contribution in [0.5, 0.6) is 0 Å². The number of thiazole rings is 1. The van der Waals surface area contributed by atoms with Crippen molar-refractivity contribution in [2.45, 2.75) is 32.2 Å². The number of hydrogen-bond donors (Lipinski definition) is 0. The standard InChI is InChI=1S/C10H15ClN2S/c1-8-7-14-10(12-8)13-5-3-2-4-9(13)6-11/h7,9H,2-6H2,1H3. The molecule has 1 unspecified atom stereocenters. The van der Waals surface area contributed by atoms with Crippen molar-refractivity contribution in [2.75, 3.05) is 17.3 Å². The highest BCUT2D eigenvalue weighted by Gasteiger charge is 2.23. The molecular weight excluding hydrogens is 216 g/mol. The lowest BCUT2D eigenvalue weighted by molar-refractivity contribution is 0.487. The van der Waals surface area contributed by atoms with Crippen LogP contribution in [0.15, 0.2) is 5.38 Å². The average molecular weight is 231 g/mol. The Bertz CT molecular complexity index is 300. The van der Waals surface area contributed by atoms with Gasteiger partial charge in [0, 0.05) is 23.8 Å². The highest BCUT2D eigenvalue weighted by molar-refractivity contribution is 7.13. The average Bonchev–Trinajstić information content (AvgIpc) is 2.65. The Labute approximate surface area is 93.9 Å². The lowest BCUT2D eigenvalue weighted by Crippen LogP contribution is -2.40. The molecular formula is C10H15ClN2S. The molecule has 2 heterocycles. The summed E-state index contributed by atoms with van der Waals surface area (Å²) in [5, 5.41) is 3.25. The second kappa shape index (κ2) is 4.49. The first-order chi connectivity index (χ1) is 6.81. The fourth-order valence-corrected chi connectivity index (χ4v) is 3.11. The quantitative estimate of drug-likeness (QED) is 0.726. The van der Waals surface area contributed by atoms with Crippen LogP contribution < -0.4 is 4.90 Å². The van der Waals surface area contributed by atoms with Gasteiger partial charge < -0.3 is 4.90 Å². The molecule has 4 heteroatoms. The number of alkyl halides is 1. The minimum atomic E-state index is 0.496. The van der Waals surface area contributed by atoms with E-state index in [9.17, 15) is 0 Å². The van der Waals surface area contributed by atoms with Gasteiger partial charge in [0.15, 0.2) is 5.13 Å². The van der Waals surface area contributed by atoms with Gasteiger partial charge >= 0.3 is 0 Å². The Hall–Kier alpha value is -0.280. The number of anilines is 1. The monoisotopic (exact) mass is 230 g/mol. The molecule has 1 fully saturated rings. The molecule has 1 aliphatic rings. The lowest BCUT2D eigenvalue weighted by Gasteiger charge is -2.34. The molecule has 0 bridgehead atoms. The summed E-state index contributed by atoms with van der Waals surface area (Å²) >= 11 is 7.70. The van der Waals surface area contributed by atoms with E-state index in [-0.39, 0.29) is 0 Å². The maximum Gasteiger partial charge on any atom is 0.185 e. The smallest absolute Gasteiger partial charge is 0.185 e. The molecule has 1 atom stereocenters. The fourth-order valence-electron chi connectivity index (χ4n) is 1.89. The molecule has 78 valence electrons. The maximum atomic E-state index is 5.97. The van der Waals surface area contributed by atoms with E-state index in [1.54, 1.807) is 11.3 Å². The van der Waals surface area contributed by atoms with Crippen molar-refractivity contribution < 1.29 is 0 Å². The predicted octanol–water partition coefficient (Wildman–Crippen LogP) is 3.05. The number of aryl methyl sites for hydroxylation is 1. The molecule has 0 saturated carbocycles. The van der Waals surface area contributed by atoms with Gasteiger partial charge in [-0.3, -0.25) is 0 Å². The van der Waals surface area contributed by atoms with Crippen LogP contribution in [-0.2, 0) is 0 Å². The molecule has 0 aromatic carbocycles. The molecule has 1 aliphatic heterocycles. The molecule has 0 aliphatic carbocycles. The molecule has 14 heavy (non-hydrogen) atoms. The number of rotatable bonds is 2. The highest BCUT2D eigenvalue weighted by Crippen LogP contribution is 2.28. The summed E-state index contributed by atoms with van der Waals surface area (Å²) in [5.41, 5.74) is 1.11. The summed E-state index contributed by atoms with van der Waals surface area (Å²) in [6.45, 7) is 3.16. The maximum absolute atomic E-state index is 5.97. The normalized spacial score (nSPS) is 22.7. The molecule has 0 amide bonds. The van der Waals surface area contributed by atoms with Crippen LogP contribution in [-0.4, -0.2) is 23.5 Å². The van der Waals surface area contributed by atoms with E-state index >= 15 is 0 Å². The zero-order valence-corrected chi connectivity index (χ0v) is 9.94. The van der Waals surface area contributed by atoms with Gasteiger partial charge in [-0.15, -0.1) is 22.9 Å². The summed E-state index contributed by atoms with van der Waals surface area (Å²) in [7, 11) is 0. The van der Waals surface area contributed by atoms with Crippen molar-refractivity contribution >= 4 is 28.1 Å². The fraction of sp³-hybridized carbons (Fsp3) is 0.700. The third kappa shape index (κ3) is 2.04. The van der Waals surface area contributed by atoms with Gasteiger partial charge in [0.1, 0.15) is 0 Å². The van der Waals surface area contributed by atoms with Crippen molar-refractivity contribution in [1.82, 2.24) is 4.98 Å². The van der Waals surface area contributed by atoms with Gasteiger partial charge in [-0.05, 0) is 26.2 Å². The minimum Gasteiger partial charge on any atom is -0.344 e. The Kier molecular flexibility index (Phi) is 3.29. The summed E-state index contributed by atoms with van der Waals surface area (Å²) < 4.78 is 0. The van der Waals surface area contributed by atoms with Gasteiger partial charge in [0.25, 0.3) is 0 Å². The third-order valence-corrected chi connectivity index (χ3v) is 4.01. The second-order valence-corrected chi connectivity index (χ2v) is 4.91. The van der Waals surface area contributed by atoms with Gasteiger partial charge in [0.2, 0.25) is 0 Å². The Morgan fingerprint density at radius 3 is 3.14 bits per heavy atom. The zero-order valence-electron chi connectivity index (χ0n) is 8.37. The number of halogens is 1. The molecule has 0 N–H and O–H groups in total. The van der Waals surface area contributed by atoms with E-state index in [0.717, 1.165) is 23.3 Å². The minimum absolute atomic E-state index is 0.496. The molecule has 1 aromatic heterocycles. The van der Waals surface area contributed by atoms with Crippen LogP contribution >= 0.6 is 22.9 Å². The Morgan fingerprint density at radius 1 is 1.64 bits per heavy atom. The van der Waals surface area contributed by atoms with Gasteiger partial charge in [0.05, 0.1) is 5.69 Å². The van der Waals surface area contributed by atoms with E-state index in [2.05, 4.69) is 15.3 Å². The SMILES string of the molecule is Cc1csc(N2CCCCC2CCl)n1. The van der Waals surface area contributed by atoms with Gasteiger partial charge in [-0.1, -0.05) is 0 Å². The first-order valence-electron chi connectivity index (χ1n) is 5.06. The van der Waals surface area contributed by atoms with Crippen LogP contribution in [0.25, 0.3) is 0 Å². The zero-order chi connectivity index (χ0) is 9.97. The number of piperidine rings is 1. The summed E-state index contributed by atoms with van der Waals surface area (Å²) in [6, 6.07) is 0.496. The van der Waals surface area contributed by atoms with Crippen molar-refractivity contribution in [2.24, 2.45) is 0 Å². The Morgan fingerprint density at radius 2 is 2.50 bits per heavy atom. The van der Waals surface area contributed by atoms with Crippen LogP contribution in [0, 0.1) is 6.92 Å². The highest BCUT2D eigenvalue weighted by atomic mass is 35.5. The first kappa shape index (κ1) is 10.2. The number of nitrogens with zero attached hydrogens (tertiary/aromatic N) is 2. The van der Waals surface area contributed by atoms with Crippen LogP contribution in [0.1, 0.15) is 25.0 Å². The van der Waals surface area contributed by atoms with Crippen LogP contribution in [0.3, 0.4) is 0 Å². The largest absolute Gasteiger partial charge is 0.344 e. The number of hydrogen-bond acceptors (Lipinski definition) is 3. The molecule has 1 aromatic rings. The van der Waals surface area contributed by atoms with E-state index in [0.29, 0.717) is 6.04 Å². The van der Waals surface area contributed by atoms with Crippen LogP contribution in [0.4, 0.5) is 5.13 Å². The van der Waals surface area contributed by atoms with Crippen LogP contribution in [0.2, 0.25) is 0 Å². The van der Waals surface area contributed by atoms with E-state index in [1.807, 2.05) is 6.92 Å². The van der Waals surface area contributed by atoms with Gasteiger partial charge in [-0.25, -0.2) is 4.98 Å². The topological polar surface area (TPSA) is 16.1 Å². The number of aromatic nitrogens is 1. The first-order valence-corrected chi connectivity index (χ1v) is 6.47. The molecule has 2 rings (SSSR count). The second-order valence-electron chi connectivity index (χ2n) is 3.77. The summed E-state index contributed by atoms with van der Waals surface area (Å²) in [4.78, 5) is 6.89. The van der Waals surface area contributed by atoms with Crippen molar-refractivity contribution in [3.63, 3.8) is 0 Å². The molecule has 0 radical (unpaired) electrons.